The van der Waals surface area contributed by atoms with Crippen molar-refractivity contribution in [2.24, 2.45) is 0 Å². The number of nitrogens with zero attached hydrogens (tertiary/aromatic N) is 2. The zero-order valence-corrected chi connectivity index (χ0v) is 15.1. The highest BCUT2D eigenvalue weighted by atomic mass is 35.5. The van der Waals surface area contributed by atoms with E-state index in [2.05, 4.69) is 15.5 Å². The largest absolute Gasteiger partial charge is 0.508 e. The van der Waals surface area contributed by atoms with Crippen molar-refractivity contribution in [2.45, 2.75) is 0 Å². The molecule has 0 spiro atoms. The van der Waals surface area contributed by atoms with Crippen molar-refractivity contribution in [1.29, 1.82) is 0 Å². The Balaban J connectivity index is 0.00000196. The van der Waals surface area contributed by atoms with E-state index < -0.39 is 0 Å². The second-order valence-corrected chi connectivity index (χ2v) is 6.06. The molecule has 3 aromatic carbocycles. The second kappa shape index (κ2) is 7.60. The van der Waals surface area contributed by atoms with Gasteiger partial charge in [-0.3, -0.25) is 0 Å². The molecule has 0 aliphatic heterocycles. The standard InChI is InChI=1S/C20H14ClN3O.ClH/c21-14-7-5-13(6-8-14)19-17-3-1-2-4-18(17)20(24-23-19)22-15-9-11-16(25)12-10-15;/h1-12,25H,(H,22,24);1H. The van der Waals surface area contributed by atoms with Gasteiger partial charge in [0.25, 0.3) is 0 Å². The fourth-order valence-corrected chi connectivity index (χ4v) is 2.82. The lowest BCUT2D eigenvalue weighted by Gasteiger charge is -2.11. The monoisotopic (exact) mass is 383 g/mol. The summed E-state index contributed by atoms with van der Waals surface area (Å²) in [6.45, 7) is 0. The molecule has 4 rings (SSSR count). The van der Waals surface area contributed by atoms with Gasteiger partial charge in [0.15, 0.2) is 5.82 Å². The van der Waals surface area contributed by atoms with E-state index in [0.29, 0.717) is 10.8 Å². The Bertz CT molecular complexity index is 1040. The average molecular weight is 384 g/mol. The second-order valence-electron chi connectivity index (χ2n) is 5.62. The average Bonchev–Trinajstić information content (AvgIpc) is 2.65. The van der Waals surface area contributed by atoms with Crippen LogP contribution in [0.1, 0.15) is 0 Å². The smallest absolute Gasteiger partial charge is 0.161 e. The van der Waals surface area contributed by atoms with Crippen molar-refractivity contribution in [3.63, 3.8) is 0 Å². The maximum Gasteiger partial charge on any atom is 0.161 e. The normalized spacial score (nSPS) is 10.3. The first kappa shape index (κ1) is 18.0. The lowest BCUT2D eigenvalue weighted by atomic mass is 10.0. The summed E-state index contributed by atoms with van der Waals surface area (Å²) >= 11 is 5.98. The lowest BCUT2D eigenvalue weighted by Crippen LogP contribution is -1.99. The van der Waals surface area contributed by atoms with E-state index >= 15 is 0 Å². The predicted octanol–water partition coefficient (Wildman–Crippen LogP) is 5.82. The van der Waals surface area contributed by atoms with E-state index in [0.717, 1.165) is 27.7 Å². The van der Waals surface area contributed by atoms with Crippen LogP contribution in [0.2, 0.25) is 5.02 Å². The molecule has 0 aliphatic rings. The van der Waals surface area contributed by atoms with Gasteiger partial charge in [-0.1, -0.05) is 48.0 Å². The van der Waals surface area contributed by atoms with Gasteiger partial charge < -0.3 is 10.4 Å². The van der Waals surface area contributed by atoms with Crippen molar-refractivity contribution < 1.29 is 5.11 Å². The maximum absolute atomic E-state index is 9.41. The number of anilines is 2. The van der Waals surface area contributed by atoms with Gasteiger partial charge >= 0.3 is 0 Å². The van der Waals surface area contributed by atoms with Crippen LogP contribution in [0.25, 0.3) is 22.0 Å². The minimum atomic E-state index is 0. The number of hydrogen-bond acceptors (Lipinski definition) is 4. The lowest BCUT2D eigenvalue weighted by molar-refractivity contribution is 0.475. The molecular formula is C20H15Cl2N3O. The van der Waals surface area contributed by atoms with Gasteiger partial charge in [0, 0.05) is 27.0 Å². The number of halogens is 2. The molecule has 0 unspecified atom stereocenters. The zero-order valence-electron chi connectivity index (χ0n) is 13.6. The fourth-order valence-electron chi connectivity index (χ4n) is 2.70. The van der Waals surface area contributed by atoms with Crippen LogP contribution in [-0.4, -0.2) is 15.3 Å². The molecule has 1 aromatic heterocycles. The molecule has 1 heterocycles. The van der Waals surface area contributed by atoms with Gasteiger partial charge in [-0.2, -0.15) is 0 Å². The Morgan fingerprint density at radius 3 is 2.12 bits per heavy atom. The van der Waals surface area contributed by atoms with E-state index in [4.69, 9.17) is 11.6 Å². The Kier molecular flexibility index (Phi) is 5.26. The molecule has 0 amide bonds. The zero-order chi connectivity index (χ0) is 17.2. The molecule has 0 radical (unpaired) electrons. The van der Waals surface area contributed by atoms with Gasteiger partial charge in [-0.25, -0.2) is 0 Å². The SMILES string of the molecule is Cl.Oc1ccc(Nc2nnc(-c3ccc(Cl)cc3)c3ccccc23)cc1. The van der Waals surface area contributed by atoms with Gasteiger partial charge in [-0.05, 0) is 36.4 Å². The summed E-state index contributed by atoms with van der Waals surface area (Å²) in [7, 11) is 0. The number of benzene rings is 3. The third-order valence-corrected chi connectivity index (χ3v) is 4.19. The predicted molar refractivity (Wildman–Crippen MR) is 109 cm³/mol. The summed E-state index contributed by atoms with van der Waals surface area (Å²) in [5.41, 5.74) is 2.60. The van der Waals surface area contributed by atoms with Gasteiger partial charge in [0.1, 0.15) is 11.4 Å². The number of rotatable bonds is 3. The first-order valence-electron chi connectivity index (χ1n) is 7.78. The molecule has 0 bridgehead atoms. The first-order chi connectivity index (χ1) is 12.2. The molecule has 4 aromatic rings. The van der Waals surface area contributed by atoms with Crippen LogP contribution >= 0.6 is 24.0 Å². The van der Waals surface area contributed by atoms with Crippen molar-refractivity contribution in [1.82, 2.24) is 10.2 Å². The third kappa shape index (κ3) is 3.57. The summed E-state index contributed by atoms with van der Waals surface area (Å²) in [6.07, 6.45) is 0. The highest BCUT2D eigenvalue weighted by Crippen LogP contribution is 2.31. The van der Waals surface area contributed by atoms with Crippen molar-refractivity contribution >= 4 is 46.3 Å². The van der Waals surface area contributed by atoms with Crippen LogP contribution in [0, 0.1) is 0 Å². The maximum atomic E-state index is 9.41. The molecule has 0 aliphatic carbocycles. The quantitative estimate of drug-likeness (QED) is 0.437. The minimum absolute atomic E-state index is 0. The minimum Gasteiger partial charge on any atom is -0.508 e. The third-order valence-electron chi connectivity index (χ3n) is 3.94. The van der Waals surface area contributed by atoms with E-state index in [1.165, 1.54) is 0 Å². The summed E-state index contributed by atoms with van der Waals surface area (Å²) in [6, 6.07) is 22.4. The number of hydrogen-bond donors (Lipinski definition) is 2. The van der Waals surface area contributed by atoms with Crippen LogP contribution in [0.15, 0.2) is 72.8 Å². The summed E-state index contributed by atoms with van der Waals surface area (Å²) < 4.78 is 0. The molecule has 0 fully saturated rings. The Labute approximate surface area is 161 Å². The van der Waals surface area contributed by atoms with Crippen molar-refractivity contribution in [2.75, 3.05) is 5.32 Å². The summed E-state index contributed by atoms with van der Waals surface area (Å²) in [5.74, 6) is 0.888. The van der Waals surface area contributed by atoms with Gasteiger partial charge in [0.2, 0.25) is 0 Å². The molecular weight excluding hydrogens is 369 g/mol. The number of phenolic OH excluding ortho intramolecular Hbond substituents is 1. The molecule has 6 heteroatoms. The van der Waals surface area contributed by atoms with Gasteiger partial charge in [-0.15, -0.1) is 22.6 Å². The Morgan fingerprint density at radius 2 is 1.42 bits per heavy atom. The number of aromatic nitrogens is 2. The van der Waals surface area contributed by atoms with E-state index in [-0.39, 0.29) is 18.2 Å². The molecule has 26 heavy (non-hydrogen) atoms. The van der Waals surface area contributed by atoms with Gasteiger partial charge in [0.05, 0.1) is 0 Å². The molecule has 0 atom stereocenters. The number of phenols is 1. The van der Waals surface area contributed by atoms with E-state index in [1.54, 1.807) is 24.3 Å². The van der Waals surface area contributed by atoms with Crippen molar-refractivity contribution in [3.05, 3.63) is 77.8 Å². The van der Waals surface area contributed by atoms with E-state index in [1.807, 2.05) is 48.5 Å². The number of aromatic hydroxyl groups is 1. The summed E-state index contributed by atoms with van der Waals surface area (Å²) in [5, 5.41) is 24.1. The molecule has 2 N–H and O–H groups in total. The van der Waals surface area contributed by atoms with Crippen LogP contribution in [0.4, 0.5) is 11.5 Å². The molecule has 4 nitrogen and oxygen atoms in total. The van der Waals surface area contributed by atoms with E-state index in [9.17, 15) is 5.11 Å². The highest BCUT2D eigenvalue weighted by molar-refractivity contribution is 6.30. The van der Waals surface area contributed by atoms with Crippen LogP contribution in [-0.2, 0) is 0 Å². The Hall–Kier alpha value is -2.82. The topological polar surface area (TPSA) is 58.0 Å². The van der Waals surface area contributed by atoms with Crippen molar-refractivity contribution in [3.8, 4) is 17.0 Å². The van der Waals surface area contributed by atoms with Crippen LogP contribution in [0.3, 0.4) is 0 Å². The molecule has 130 valence electrons. The molecule has 0 saturated heterocycles. The Morgan fingerprint density at radius 1 is 0.769 bits per heavy atom. The fraction of sp³-hybridized carbons (Fsp3) is 0. The first-order valence-corrected chi connectivity index (χ1v) is 8.16. The van der Waals surface area contributed by atoms with Crippen LogP contribution < -0.4 is 5.32 Å². The molecule has 0 saturated carbocycles. The van der Waals surface area contributed by atoms with Crippen LogP contribution in [0.5, 0.6) is 5.75 Å². The number of fused-ring (bicyclic) bond motifs is 1. The highest BCUT2D eigenvalue weighted by Gasteiger charge is 2.11. The summed E-state index contributed by atoms with van der Waals surface area (Å²) in [4.78, 5) is 0. The number of nitrogens with one attached hydrogen (secondary N) is 1.